The topological polar surface area (TPSA) is 43.8 Å². The Morgan fingerprint density at radius 2 is 2.21 bits per heavy atom. The molecule has 2 saturated heterocycles. The number of aromatic nitrogens is 1. The second-order valence-corrected chi connectivity index (χ2v) is 5.55. The van der Waals surface area contributed by atoms with Gasteiger partial charge in [-0.3, -0.25) is 0 Å². The van der Waals surface area contributed by atoms with E-state index in [9.17, 15) is 0 Å². The fourth-order valence-corrected chi connectivity index (χ4v) is 3.05. The smallest absolute Gasteiger partial charge is 0.172 e. The van der Waals surface area contributed by atoms with E-state index in [1.807, 2.05) is 12.3 Å². The van der Waals surface area contributed by atoms with E-state index in [1.165, 1.54) is 0 Å². The summed E-state index contributed by atoms with van der Waals surface area (Å²) in [4.78, 5) is 6.83. The average molecular weight is 262 g/mol. The van der Waals surface area contributed by atoms with Crippen molar-refractivity contribution in [3.63, 3.8) is 0 Å². The molecule has 19 heavy (non-hydrogen) atoms. The van der Waals surface area contributed by atoms with E-state index in [1.54, 1.807) is 0 Å². The molecule has 2 atom stereocenters. The third-order valence-corrected chi connectivity index (χ3v) is 4.14. The number of fused-ring (bicyclic) bond motifs is 3. The molecule has 3 aliphatic rings. The van der Waals surface area contributed by atoms with E-state index in [2.05, 4.69) is 16.8 Å². The van der Waals surface area contributed by atoms with Crippen LogP contribution in [0.4, 0.5) is 5.82 Å². The van der Waals surface area contributed by atoms with Gasteiger partial charge < -0.3 is 19.1 Å². The minimum atomic E-state index is 0.274. The summed E-state index contributed by atoms with van der Waals surface area (Å²) >= 11 is 0. The van der Waals surface area contributed by atoms with Crippen molar-refractivity contribution in [3.8, 4) is 5.75 Å². The van der Waals surface area contributed by atoms with Gasteiger partial charge >= 0.3 is 0 Å². The number of hydrogen-bond donors (Lipinski definition) is 0. The summed E-state index contributed by atoms with van der Waals surface area (Å²) in [5, 5.41) is 0. The number of aryl methyl sites for hydroxylation is 1. The molecule has 4 heterocycles. The van der Waals surface area contributed by atoms with Crippen molar-refractivity contribution in [1.82, 2.24) is 4.98 Å². The Labute approximate surface area is 112 Å². The second-order valence-electron chi connectivity index (χ2n) is 5.55. The third kappa shape index (κ3) is 1.88. The lowest BCUT2D eigenvalue weighted by atomic mass is 10.1. The molecule has 4 rings (SSSR count). The predicted molar refractivity (Wildman–Crippen MR) is 69.7 cm³/mol. The van der Waals surface area contributed by atoms with Crippen molar-refractivity contribution < 1.29 is 14.2 Å². The van der Waals surface area contributed by atoms with Crippen LogP contribution in [-0.4, -0.2) is 49.6 Å². The SMILES string of the molecule is Cc1ccnc2c1OC[C@@H]1C[C@H](OC3COC3)CN21. The highest BCUT2D eigenvalue weighted by atomic mass is 16.6. The van der Waals surface area contributed by atoms with Crippen LogP contribution in [0.1, 0.15) is 12.0 Å². The van der Waals surface area contributed by atoms with Crippen LogP contribution < -0.4 is 9.64 Å². The number of nitrogens with zero attached hydrogens (tertiary/aromatic N) is 2. The van der Waals surface area contributed by atoms with Gasteiger partial charge in [0.2, 0.25) is 0 Å². The zero-order chi connectivity index (χ0) is 12.8. The molecule has 1 aromatic rings. The standard InChI is InChI=1S/C14H18N2O3/c1-9-2-3-15-14-13(9)18-6-10-4-11(5-16(10)14)19-12-7-17-8-12/h2-3,10-12H,4-8H2,1H3/t10-,11-/m0/s1. The molecular weight excluding hydrogens is 244 g/mol. The van der Waals surface area contributed by atoms with Gasteiger partial charge in [0.25, 0.3) is 0 Å². The summed E-state index contributed by atoms with van der Waals surface area (Å²) in [6.45, 7) is 5.20. The quantitative estimate of drug-likeness (QED) is 0.800. The lowest BCUT2D eigenvalue weighted by molar-refractivity contribution is -0.150. The Morgan fingerprint density at radius 3 is 3.00 bits per heavy atom. The van der Waals surface area contributed by atoms with Crippen molar-refractivity contribution >= 4 is 5.82 Å². The minimum absolute atomic E-state index is 0.274. The molecule has 0 radical (unpaired) electrons. The van der Waals surface area contributed by atoms with Crippen molar-refractivity contribution in [3.05, 3.63) is 17.8 Å². The van der Waals surface area contributed by atoms with Crippen LogP contribution in [0.5, 0.6) is 5.75 Å². The fraction of sp³-hybridized carbons (Fsp3) is 0.643. The predicted octanol–water partition coefficient (Wildman–Crippen LogP) is 1.15. The highest BCUT2D eigenvalue weighted by molar-refractivity contribution is 5.59. The van der Waals surface area contributed by atoms with Crippen LogP contribution in [-0.2, 0) is 9.47 Å². The van der Waals surface area contributed by atoms with Gasteiger partial charge in [-0.1, -0.05) is 0 Å². The molecule has 102 valence electrons. The van der Waals surface area contributed by atoms with Crippen molar-refractivity contribution in [2.24, 2.45) is 0 Å². The zero-order valence-corrected chi connectivity index (χ0v) is 11.0. The van der Waals surface area contributed by atoms with E-state index < -0.39 is 0 Å². The molecule has 0 spiro atoms. The van der Waals surface area contributed by atoms with Crippen LogP contribution in [0.2, 0.25) is 0 Å². The monoisotopic (exact) mass is 262 g/mol. The molecule has 0 amide bonds. The normalized spacial score (nSPS) is 29.4. The van der Waals surface area contributed by atoms with E-state index in [-0.39, 0.29) is 12.2 Å². The Morgan fingerprint density at radius 1 is 1.32 bits per heavy atom. The Kier molecular flexibility index (Phi) is 2.63. The molecule has 3 aliphatic heterocycles. The van der Waals surface area contributed by atoms with Gasteiger partial charge in [0.1, 0.15) is 12.7 Å². The highest BCUT2D eigenvalue weighted by Crippen LogP contribution is 2.39. The first-order valence-corrected chi connectivity index (χ1v) is 6.89. The fourth-order valence-electron chi connectivity index (χ4n) is 3.05. The first-order valence-electron chi connectivity index (χ1n) is 6.89. The minimum Gasteiger partial charge on any atom is -0.487 e. The Bertz CT molecular complexity index is 490. The number of pyridine rings is 1. The number of rotatable bonds is 2. The lowest BCUT2D eigenvalue weighted by Crippen LogP contribution is -2.40. The molecule has 5 nitrogen and oxygen atoms in total. The molecule has 0 aliphatic carbocycles. The molecule has 2 fully saturated rings. The van der Waals surface area contributed by atoms with E-state index in [0.29, 0.717) is 6.04 Å². The first-order chi connectivity index (χ1) is 9.31. The van der Waals surface area contributed by atoms with Gasteiger partial charge in [-0.2, -0.15) is 0 Å². The van der Waals surface area contributed by atoms with Crippen LogP contribution in [0.25, 0.3) is 0 Å². The largest absolute Gasteiger partial charge is 0.487 e. The van der Waals surface area contributed by atoms with Crippen LogP contribution in [0, 0.1) is 6.92 Å². The van der Waals surface area contributed by atoms with Gasteiger partial charge in [-0.15, -0.1) is 0 Å². The third-order valence-electron chi connectivity index (χ3n) is 4.14. The number of hydrogen-bond acceptors (Lipinski definition) is 5. The molecule has 0 aromatic carbocycles. The van der Waals surface area contributed by atoms with Gasteiger partial charge in [-0.05, 0) is 25.0 Å². The highest BCUT2D eigenvalue weighted by Gasteiger charge is 2.40. The second kappa shape index (κ2) is 4.35. The first kappa shape index (κ1) is 11.5. The maximum atomic E-state index is 6.03. The summed E-state index contributed by atoms with van der Waals surface area (Å²) in [7, 11) is 0. The molecule has 1 aromatic heterocycles. The van der Waals surface area contributed by atoms with E-state index >= 15 is 0 Å². The Balaban J connectivity index is 1.54. The number of anilines is 1. The maximum Gasteiger partial charge on any atom is 0.172 e. The van der Waals surface area contributed by atoms with Gasteiger partial charge in [-0.25, -0.2) is 4.98 Å². The van der Waals surface area contributed by atoms with Crippen LogP contribution >= 0.6 is 0 Å². The lowest BCUT2D eigenvalue weighted by Gasteiger charge is -2.32. The van der Waals surface area contributed by atoms with Crippen LogP contribution in [0.15, 0.2) is 12.3 Å². The summed E-state index contributed by atoms with van der Waals surface area (Å²) in [6.07, 6.45) is 3.44. The average Bonchev–Trinajstić information content (AvgIpc) is 2.77. The summed E-state index contributed by atoms with van der Waals surface area (Å²) in [5.74, 6) is 1.92. The summed E-state index contributed by atoms with van der Waals surface area (Å²) < 4.78 is 17.1. The number of ether oxygens (including phenoxy) is 3. The van der Waals surface area contributed by atoms with E-state index in [4.69, 9.17) is 14.2 Å². The molecule has 5 heteroatoms. The summed E-state index contributed by atoms with van der Waals surface area (Å²) in [6, 6.07) is 2.39. The molecule has 0 unspecified atom stereocenters. The maximum absolute atomic E-state index is 6.03. The van der Waals surface area contributed by atoms with Gasteiger partial charge in [0.05, 0.1) is 25.4 Å². The molecule has 0 N–H and O–H groups in total. The van der Waals surface area contributed by atoms with E-state index in [0.717, 1.165) is 49.9 Å². The summed E-state index contributed by atoms with van der Waals surface area (Å²) in [5.41, 5.74) is 1.15. The van der Waals surface area contributed by atoms with Crippen molar-refractivity contribution in [1.29, 1.82) is 0 Å². The van der Waals surface area contributed by atoms with Gasteiger partial charge in [0, 0.05) is 12.7 Å². The Hall–Kier alpha value is -1.33. The zero-order valence-electron chi connectivity index (χ0n) is 11.0. The van der Waals surface area contributed by atoms with Crippen molar-refractivity contribution in [2.75, 3.05) is 31.3 Å². The molecular formula is C14H18N2O3. The molecule has 0 saturated carbocycles. The van der Waals surface area contributed by atoms with Crippen molar-refractivity contribution in [2.45, 2.75) is 31.6 Å². The van der Waals surface area contributed by atoms with Gasteiger partial charge in [0.15, 0.2) is 11.6 Å². The van der Waals surface area contributed by atoms with Crippen LogP contribution in [0.3, 0.4) is 0 Å². The molecule has 0 bridgehead atoms.